The topological polar surface area (TPSA) is 6.48 Å². The molecule has 0 aromatic heterocycles. The maximum absolute atomic E-state index is 2.57. The predicted octanol–water partition coefficient (Wildman–Crippen LogP) is 15.4. The van der Waals surface area contributed by atoms with Crippen molar-refractivity contribution in [2.45, 2.75) is 79.1 Å². The van der Waals surface area contributed by atoms with E-state index in [1.807, 2.05) is 0 Å². The Hall–Kier alpha value is -6.58. The van der Waals surface area contributed by atoms with E-state index in [4.69, 9.17) is 0 Å². The van der Waals surface area contributed by atoms with Gasteiger partial charge in [0.2, 0.25) is 0 Å². The van der Waals surface area contributed by atoms with Crippen molar-refractivity contribution in [1.29, 1.82) is 0 Å². The van der Waals surface area contributed by atoms with Gasteiger partial charge < -0.3 is 9.80 Å². The number of hydrogen-bond donors (Lipinski definition) is 0. The second-order valence-electron chi connectivity index (χ2n) is 19.3. The summed E-state index contributed by atoms with van der Waals surface area (Å²) < 4.78 is 0. The van der Waals surface area contributed by atoms with Crippen LogP contribution in [0, 0.1) is 0 Å². The molecule has 0 spiro atoms. The fourth-order valence-electron chi connectivity index (χ4n) is 10.8. The van der Waals surface area contributed by atoms with Crippen LogP contribution in [0.3, 0.4) is 0 Å². The molecule has 0 fully saturated rings. The molecule has 2 heterocycles. The van der Waals surface area contributed by atoms with E-state index in [0.717, 1.165) is 0 Å². The van der Waals surface area contributed by atoms with Crippen LogP contribution in [0.4, 0.5) is 34.1 Å². The number of hydrogen-bond acceptors (Lipinski definition) is 2. The molecule has 2 nitrogen and oxygen atoms in total. The van der Waals surface area contributed by atoms with Crippen molar-refractivity contribution >= 4 is 89.5 Å². The van der Waals surface area contributed by atoms with Crippen LogP contribution in [0.5, 0.6) is 0 Å². The van der Waals surface area contributed by atoms with Crippen LogP contribution in [-0.4, -0.2) is 6.71 Å². The number of benzene rings is 9. The third kappa shape index (κ3) is 6.22. The fraction of sp³-hybridized carbons (Fsp3) is 0.200. The Morgan fingerprint density at radius 1 is 0.349 bits per heavy atom. The first-order valence-corrected chi connectivity index (χ1v) is 23.2. The van der Waals surface area contributed by atoms with Crippen molar-refractivity contribution in [3.05, 3.63) is 186 Å². The molecule has 0 saturated heterocycles. The van der Waals surface area contributed by atoms with E-state index < -0.39 is 0 Å². The quantitative estimate of drug-likeness (QED) is 0.117. The minimum atomic E-state index is 0.0824. The first-order valence-electron chi connectivity index (χ1n) is 23.2. The lowest BCUT2D eigenvalue weighted by Gasteiger charge is -2.44. The predicted molar refractivity (Wildman–Crippen MR) is 275 cm³/mol. The third-order valence-electron chi connectivity index (χ3n) is 14.2. The molecular formula is C60H55BN2. The van der Waals surface area contributed by atoms with Crippen LogP contribution in [0.2, 0.25) is 0 Å². The normalized spacial score (nSPS) is 13.2. The van der Waals surface area contributed by atoms with E-state index >= 15 is 0 Å². The standard InChI is InChI=1S/C60H55BN2/c1-36(2)40-20-25-44(26-21-40)62-56-30-23-41(37(3)4)33-54(56)61-55-34-42(38(5)6)24-31-57(55)63(59-19-13-18-58(62)60(59)61)45-27-29-46(39(7)8)52(35-45)43-22-28-51-49-16-10-9-14-47(49)48-15-11-12-17-50(48)53(51)32-43/h9-39H,1-8H3. The smallest absolute Gasteiger partial charge is 0.252 e. The molecule has 308 valence electrons. The van der Waals surface area contributed by atoms with Gasteiger partial charge in [-0.1, -0.05) is 165 Å². The summed E-state index contributed by atoms with van der Waals surface area (Å²) in [6, 6.07) is 63.1. The second-order valence-corrected chi connectivity index (χ2v) is 19.3. The molecule has 3 heteroatoms. The molecule has 0 aliphatic carbocycles. The molecule has 2 aliphatic heterocycles. The van der Waals surface area contributed by atoms with Gasteiger partial charge in [-0.25, -0.2) is 0 Å². The van der Waals surface area contributed by atoms with Crippen molar-refractivity contribution in [3.8, 4) is 11.1 Å². The third-order valence-corrected chi connectivity index (χ3v) is 14.2. The Morgan fingerprint density at radius 2 is 0.825 bits per heavy atom. The zero-order valence-electron chi connectivity index (χ0n) is 37.9. The Labute approximate surface area is 373 Å². The van der Waals surface area contributed by atoms with Crippen molar-refractivity contribution in [3.63, 3.8) is 0 Å². The highest BCUT2D eigenvalue weighted by Gasteiger charge is 2.43. The minimum absolute atomic E-state index is 0.0824. The molecule has 9 aromatic carbocycles. The molecule has 0 amide bonds. The van der Waals surface area contributed by atoms with Gasteiger partial charge in [-0.2, -0.15) is 0 Å². The molecular weight excluding hydrogens is 759 g/mol. The molecule has 11 rings (SSSR count). The fourth-order valence-corrected chi connectivity index (χ4v) is 10.8. The second kappa shape index (κ2) is 15.1. The van der Waals surface area contributed by atoms with E-state index in [0.29, 0.717) is 23.7 Å². The van der Waals surface area contributed by atoms with Crippen LogP contribution in [0.1, 0.15) is 101 Å². The van der Waals surface area contributed by atoms with E-state index in [9.17, 15) is 0 Å². The Kier molecular flexibility index (Phi) is 9.39. The Bertz CT molecular complexity index is 3230. The summed E-state index contributed by atoms with van der Waals surface area (Å²) in [6.45, 7) is 18.6. The summed E-state index contributed by atoms with van der Waals surface area (Å²) >= 11 is 0. The molecule has 0 atom stereocenters. The lowest BCUT2D eigenvalue weighted by atomic mass is 9.33. The number of rotatable bonds is 7. The average Bonchev–Trinajstić information content (AvgIpc) is 3.30. The van der Waals surface area contributed by atoms with Crippen molar-refractivity contribution in [2.75, 3.05) is 9.80 Å². The summed E-state index contributed by atoms with van der Waals surface area (Å²) in [5, 5.41) is 7.81. The van der Waals surface area contributed by atoms with Crippen LogP contribution in [0.15, 0.2) is 164 Å². The SMILES string of the molecule is CC(C)c1ccc(N2c3ccc(C(C)C)cc3B3c4cc(C(C)C)ccc4N(c4ccc(C(C)C)c(-c5ccc6c7ccccc7c7ccccc7c6c5)c4)c4cccc2c43)cc1. The molecule has 0 unspecified atom stereocenters. The maximum Gasteiger partial charge on any atom is 0.252 e. The van der Waals surface area contributed by atoms with Gasteiger partial charge in [-0.05, 0) is 160 Å². The van der Waals surface area contributed by atoms with Gasteiger partial charge in [0.05, 0.1) is 0 Å². The molecule has 0 saturated carbocycles. The summed E-state index contributed by atoms with van der Waals surface area (Å²) in [5.41, 5.74) is 19.5. The first-order chi connectivity index (χ1) is 30.6. The first kappa shape index (κ1) is 39.3. The van der Waals surface area contributed by atoms with Gasteiger partial charge in [0.15, 0.2) is 0 Å². The molecule has 63 heavy (non-hydrogen) atoms. The molecule has 0 N–H and O–H groups in total. The van der Waals surface area contributed by atoms with Crippen LogP contribution < -0.4 is 26.2 Å². The van der Waals surface area contributed by atoms with Crippen molar-refractivity contribution < 1.29 is 0 Å². The lowest BCUT2D eigenvalue weighted by molar-refractivity contribution is 0.866. The van der Waals surface area contributed by atoms with Crippen LogP contribution in [-0.2, 0) is 0 Å². The van der Waals surface area contributed by atoms with E-state index in [-0.39, 0.29) is 6.71 Å². The maximum atomic E-state index is 2.57. The highest BCUT2D eigenvalue weighted by atomic mass is 15.2. The minimum Gasteiger partial charge on any atom is -0.311 e. The van der Waals surface area contributed by atoms with Gasteiger partial charge >= 0.3 is 0 Å². The number of fused-ring (bicyclic) bond motifs is 10. The molecule has 2 aliphatic rings. The Balaban J connectivity index is 1.16. The van der Waals surface area contributed by atoms with Crippen molar-refractivity contribution in [1.82, 2.24) is 0 Å². The van der Waals surface area contributed by atoms with E-state index in [1.54, 1.807) is 0 Å². The number of anilines is 6. The van der Waals surface area contributed by atoms with E-state index in [1.165, 1.54) is 116 Å². The zero-order chi connectivity index (χ0) is 43.3. The summed E-state index contributed by atoms with van der Waals surface area (Å²) in [5.74, 6) is 1.63. The summed E-state index contributed by atoms with van der Waals surface area (Å²) in [6.07, 6.45) is 0. The van der Waals surface area contributed by atoms with Crippen molar-refractivity contribution in [2.24, 2.45) is 0 Å². The average molecular weight is 815 g/mol. The molecule has 0 bridgehead atoms. The number of nitrogens with zero attached hydrogens (tertiary/aromatic N) is 2. The Morgan fingerprint density at radius 3 is 1.35 bits per heavy atom. The highest BCUT2D eigenvalue weighted by Crippen LogP contribution is 2.47. The highest BCUT2D eigenvalue weighted by molar-refractivity contribution is 7.00. The van der Waals surface area contributed by atoms with Gasteiger partial charge in [-0.3, -0.25) is 0 Å². The largest absolute Gasteiger partial charge is 0.311 e. The van der Waals surface area contributed by atoms with Crippen LogP contribution in [0.25, 0.3) is 43.4 Å². The molecule has 0 radical (unpaired) electrons. The van der Waals surface area contributed by atoms with Gasteiger partial charge in [0, 0.05) is 34.1 Å². The lowest BCUT2D eigenvalue weighted by Crippen LogP contribution is -2.61. The van der Waals surface area contributed by atoms with Gasteiger partial charge in [0.1, 0.15) is 0 Å². The van der Waals surface area contributed by atoms with Gasteiger partial charge in [-0.15, -0.1) is 0 Å². The molecule has 9 aromatic rings. The summed E-state index contributed by atoms with van der Waals surface area (Å²) in [7, 11) is 0. The van der Waals surface area contributed by atoms with E-state index in [2.05, 4.69) is 229 Å². The monoisotopic (exact) mass is 814 g/mol. The van der Waals surface area contributed by atoms with Crippen LogP contribution >= 0.6 is 0 Å². The summed E-state index contributed by atoms with van der Waals surface area (Å²) in [4.78, 5) is 5.11. The zero-order valence-corrected chi connectivity index (χ0v) is 37.9. The van der Waals surface area contributed by atoms with Gasteiger partial charge in [0.25, 0.3) is 6.71 Å².